The molecule has 1 aromatic rings. The van der Waals surface area contributed by atoms with E-state index in [9.17, 15) is 4.79 Å². The van der Waals surface area contributed by atoms with E-state index in [-0.39, 0.29) is 5.91 Å². The van der Waals surface area contributed by atoms with Crippen molar-refractivity contribution in [2.24, 2.45) is 0 Å². The van der Waals surface area contributed by atoms with Gasteiger partial charge < -0.3 is 15.0 Å². The van der Waals surface area contributed by atoms with Gasteiger partial charge in [-0.25, -0.2) is 0 Å². The fourth-order valence-electron chi connectivity index (χ4n) is 1.55. The predicted molar refractivity (Wildman–Crippen MR) is 77.2 cm³/mol. The third-order valence-electron chi connectivity index (χ3n) is 2.70. The van der Waals surface area contributed by atoms with E-state index >= 15 is 0 Å². The maximum atomic E-state index is 11.4. The zero-order chi connectivity index (χ0) is 14.3. The number of amides is 1. The van der Waals surface area contributed by atoms with E-state index in [1.807, 2.05) is 18.2 Å². The van der Waals surface area contributed by atoms with Crippen LogP contribution in [0.15, 0.2) is 24.3 Å². The van der Waals surface area contributed by atoms with Gasteiger partial charge in [0.1, 0.15) is 5.75 Å². The van der Waals surface area contributed by atoms with Crippen molar-refractivity contribution in [1.82, 2.24) is 10.2 Å². The summed E-state index contributed by atoms with van der Waals surface area (Å²) >= 11 is 0. The molecule has 0 saturated carbocycles. The summed E-state index contributed by atoms with van der Waals surface area (Å²) in [6.07, 6.45) is 0.404. The Balaban J connectivity index is 2.42. The van der Waals surface area contributed by atoms with Gasteiger partial charge in [-0.15, -0.1) is 0 Å². The summed E-state index contributed by atoms with van der Waals surface area (Å²) in [4.78, 5) is 13.0. The van der Waals surface area contributed by atoms with Crippen molar-refractivity contribution in [2.75, 3.05) is 20.7 Å². The SMILES string of the molecule is CC(C)NCc1cccc(OCCC(=O)N(C)C)c1. The molecule has 0 bridgehead atoms. The Morgan fingerprint density at radius 3 is 2.74 bits per heavy atom. The predicted octanol–water partition coefficient (Wildman–Crippen LogP) is 2.04. The standard InChI is InChI=1S/C15H24N2O2/c1-12(2)16-11-13-6-5-7-14(10-13)19-9-8-15(18)17(3)4/h5-7,10,12,16H,8-9,11H2,1-4H3. The van der Waals surface area contributed by atoms with Crippen molar-refractivity contribution in [2.45, 2.75) is 32.9 Å². The first-order chi connectivity index (χ1) is 8.99. The first kappa shape index (κ1) is 15.5. The molecular weight excluding hydrogens is 240 g/mol. The molecule has 0 unspecified atom stereocenters. The lowest BCUT2D eigenvalue weighted by molar-refractivity contribution is -0.129. The van der Waals surface area contributed by atoms with Gasteiger partial charge in [-0.05, 0) is 17.7 Å². The molecule has 0 aliphatic carbocycles. The minimum absolute atomic E-state index is 0.0811. The molecule has 0 aliphatic rings. The highest BCUT2D eigenvalue weighted by Crippen LogP contribution is 2.13. The molecule has 0 heterocycles. The largest absolute Gasteiger partial charge is 0.493 e. The van der Waals surface area contributed by atoms with Crippen LogP contribution in [0.5, 0.6) is 5.75 Å². The molecule has 0 atom stereocenters. The van der Waals surface area contributed by atoms with Crippen LogP contribution in [0.1, 0.15) is 25.8 Å². The van der Waals surface area contributed by atoms with E-state index in [4.69, 9.17) is 4.74 Å². The number of carbonyl (C=O) groups is 1. The van der Waals surface area contributed by atoms with Gasteiger partial charge >= 0.3 is 0 Å². The Kier molecular flexibility index (Phi) is 6.36. The maximum absolute atomic E-state index is 11.4. The lowest BCUT2D eigenvalue weighted by Gasteiger charge is -2.12. The van der Waals surface area contributed by atoms with Crippen molar-refractivity contribution in [3.63, 3.8) is 0 Å². The number of ether oxygens (including phenoxy) is 1. The molecule has 0 fully saturated rings. The number of nitrogens with zero attached hydrogens (tertiary/aromatic N) is 1. The number of hydrogen-bond acceptors (Lipinski definition) is 3. The molecule has 4 heteroatoms. The summed E-state index contributed by atoms with van der Waals surface area (Å²) in [7, 11) is 3.50. The van der Waals surface area contributed by atoms with Gasteiger partial charge in [0.25, 0.3) is 0 Å². The third-order valence-corrected chi connectivity index (χ3v) is 2.70. The normalized spacial score (nSPS) is 10.6. The second-order valence-corrected chi connectivity index (χ2v) is 5.07. The molecule has 1 aromatic carbocycles. The summed E-state index contributed by atoms with van der Waals surface area (Å²) in [5.74, 6) is 0.896. The van der Waals surface area contributed by atoms with Crippen LogP contribution >= 0.6 is 0 Å². The van der Waals surface area contributed by atoms with E-state index < -0.39 is 0 Å². The lowest BCUT2D eigenvalue weighted by Crippen LogP contribution is -2.23. The monoisotopic (exact) mass is 264 g/mol. The molecule has 0 aliphatic heterocycles. The molecule has 1 N–H and O–H groups in total. The van der Waals surface area contributed by atoms with Crippen molar-refractivity contribution >= 4 is 5.91 Å². The van der Waals surface area contributed by atoms with Gasteiger partial charge in [-0.2, -0.15) is 0 Å². The van der Waals surface area contributed by atoms with Crippen LogP contribution in [0.25, 0.3) is 0 Å². The molecule has 0 spiro atoms. The van der Waals surface area contributed by atoms with Gasteiger partial charge in [0.05, 0.1) is 13.0 Å². The maximum Gasteiger partial charge on any atom is 0.225 e. The summed E-state index contributed by atoms with van der Waals surface area (Å²) in [5, 5.41) is 3.36. The van der Waals surface area contributed by atoms with Crippen molar-refractivity contribution in [1.29, 1.82) is 0 Å². The number of carbonyl (C=O) groups excluding carboxylic acids is 1. The number of rotatable bonds is 7. The molecule has 0 aromatic heterocycles. The Bertz CT molecular complexity index is 403. The molecule has 19 heavy (non-hydrogen) atoms. The Labute approximate surface area is 115 Å². The smallest absolute Gasteiger partial charge is 0.225 e. The Morgan fingerprint density at radius 1 is 1.37 bits per heavy atom. The Morgan fingerprint density at radius 2 is 2.11 bits per heavy atom. The zero-order valence-electron chi connectivity index (χ0n) is 12.3. The topological polar surface area (TPSA) is 41.6 Å². The van der Waals surface area contributed by atoms with E-state index in [1.165, 1.54) is 5.56 Å². The van der Waals surface area contributed by atoms with E-state index in [0.29, 0.717) is 19.1 Å². The molecular formula is C15H24N2O2. The Hall–Kier alpha value is -1.55. The zero-order valence-corrected chi connectivity index (χ0v) is 12.3. The van der Waals surface area contributed by atoms with Crippen molar-refractivity contribution in [3.8, 4) is 5.75 Å². The van der Waals surface area contributed by atoms with Gasteiger partial charge in [0, 0.05) is 26.7 Å². The molecule has 0 saturated heterocycles. The second kappa shape index (κ2) is 7.79. The molecule has 106 valence electrons. The fraction of sp³-hybridized carbons (Fsp3) is 0.533. The first-order valence-corrected chi connectivity index (χ1v) is 6.64. The average molecular weight is 264 g/mol. The molecule has 1 amide bonds. The number of nitrogens with one attached hydrogen (secondary N) is 1. The first-order valence-electron chi connectivity index (χ1n) is 6.64. The summed E-state index contributed by atoms with van der Waals surface area (Å²) in [5.41, 5.74) is 1.19. The van der Waals surface area contributed by atoms with Crippen molar-refractivity contribution in [3.05, 3.63) is 29.8 Å². The van der Waals surface area contributed by atoms with E-state index in [1.54, 1.807) is 19.0 Å². The summed E-state index contributed by atoms with van der Waals surface area (Å²) < 4.78 is 5.60. The van der Waals surface area contributed by atoms with Crippen LogP contribution in [-0.4, -0.2) is 37.6 Å². The van der Waals surface area contributed by atoms with E-state index in [0.717, 1.165) is 12.3 Å². The number of hydrogen-bond donors (Lipinski definition) is 1. The van der Waals surface area contributed by atoms with Crippen LogP contribution in [0.3, 0.4) is 0 Å². The van der Waals surface area contributed by atoms with Crippen LogP contribution in [0, 0.1) is 0 Å². The summed E-state index contributed by atoms with van der Waals surface area (Å²) in [6, 6.07) is 8.42. The summed E-state index contributed by atoms with van der Waals surface area (Å²) in [6.45, 7) is 5.48. The second-order valence-electron chi connectivity index (χ2n) is 5.07. The fourth-order valence-corrected chi connectivity index (χ4v) is 1.55. The quantitative estimate of drug-likeness (QED) is 0.819. The number of benzene rings is 1. The lowest BCUT2D eigenvalue weighted by atomic mass is 10.2. The highest BCUT2D eigenvalue weighted by Gasteiger charge is 2.04. The molecule has 0 radical (unpaired) electrons. The van der Waals surface area contributed by atoms with Crippen molar-refractivity contribution < 1.29 is 9.53 Å². The highest BCUT2D eigenvalue weighted by molar-refractivity contribution is 5.75. The van der Waals surface area contributed by atoms with Gasteiger partial charge in [0.15, 0.2) is 0 Å². The minimum atomic E-state index is 0.0811. The van der Waals surface area contributed by atoms with Gasteiger partial charge in [-0.1, -0.05) is 26.0 Å². The van der Waals surface area contributed by atoms with Gasteiger partial charge in [0.2, 0.25) is 5.91 Å². The molecule has 1 rings (SSSR count). The van der Waals surface area contributed by atoms with Gasteiger partial charge in [-0.3, -0.25) is 4.79 Å². The average Bonchev–Trinajstić information content (AvgIpc) is 2.36. The minimum Gasteiger partial charge on any atom is -0.493 e. The third kappa shape index (κ3) is 6.25. The highest BCUT2D eigenvalue weighted by atomic mass is 16.5. The van der Waals surface area contributed by atoms with Crippen LogP contribution < -0.4 is 10.1 Å². The van der Waals surface area contributed by atoms with Crippen LogP contribution in [0.4, 0.5) is 0 Å². The molecule has 4 nitrogen and oxygen atoms in total. The van der Waals surface area contributed by atoms with E-state index in [2.05, 4.69) is 25.2 Å². The van der Waals surface area contributed by atoms with Crippen LogP contribution in [0.2, 0.25) is 0 Å². The van der Waals surface area contributed by atoms with Crippen LogP contribution in [-0.2, 0) is 11.3 Å².